The lowest BCUT2D eigenvalue weighted by Crippen LogP contribution is -2.31. The number of likely N-dealkylation sites (N-methyl/N-ethyl adjacent to an activating group) is 1. The summed E-state index contributed by atoms with van der Waals surface area (Å²) in [6.07, 6.45) is 3.77. The minimum atomic E-state index is 0.299. The average molecular weight is 250 g/mol. The van der Waals surface area contributed by atoms with Crippen LogP contribution in [0, 0.1) is 0 Å². The van der Waals surface area contributed by atoms with Crippen molar-refractivity contribution in [2.24, 2.45) is 5.73 Å². The number of rotatable bonds is 8. The Morgan fingerprint density at radius 1 is 1.22 bits per heavy atom. The third kappa shape index (κ3) is 4.31. The van der Waals surface area contributed by atoms with E-state index in [2.05, 4.69) is 31.0 Å². The summed E-state index contributed by atoms with van der Waals surface area (Å²) >= 11 is 0. The van der Waals surface area contributed by atoms with Crippen LogP contribution in [0.1, 0.15) is 37.8 Å². The first-order chi connectivity index (χ1) is 8.72. The third-order valence-electron chi connectivity index (χ3n) is 3.37. The Morgan fingerprint density at radius 3 is 2.39 bits per heavy atom. The van der Waals surface area contributed by atoms with Gasteiger partial charge in [0.15, 0.2) is 0 Å². The Labute approximate surface area is 111 Å². The lowest BCUT2D eigenvalue weighted by molar-refractivity contribution is 0.245. The van der Waals surface area contributed by atoms with Crippen LogP contribution in [-0.2, 0) is 0 Å². The van der Waals surface area contributed by atoms with Crippen molar-refractivity contribution in [2.45, 2.75) is 32.2 Å². The highest BCUT2D eigenvalue weighted by atomic mass is 16.5. The SMILES string of the molecule is CCCCCN(C)C(CN)c1ccc(OC)cc1. The summed E-state index contributed by atoms with van der Waals surface area (Å²) in [5.74, 6) is 0.892. The molecule has 1 rings (SSSR count). The van der Waals surface area contributed by atoms with Crippen LogP contribution >= 0.6 is 0 Å². The fourth-order valence-corrected chi connectivity index (χ4v) is 2.16. The van der Waals surface area contributed by atoms with E-state index in [1.165, 1.54) is 24.8 Å². The minimum Gasteiger partial charge on any atom is -0.497 e. The molecule has 2 N–H and O–H groups in total. The van der Waals surface area contributed by atoms with Crippen LogP contribution in [-0.4, -0.2) is 32.1 Å². The van der Waals surface area contributed by atoms with Gasteiger partial charge in [-0.15, -0.1) is 0 Å². The van der Waals surface area contributed by atoms with Crippen LogP contribution in [0.25, 0.3) is 0 Å². The molecule has 102 valence electrons. The maximum atomic E-state index is 5.91. The average Bonchev–Trinajstić information content (AvgIpc) is 2.41. The number of ether oxygens (including phenoxy) is 1. The fraction of sp³-hybridized carbons (Fsp3) is 0.600. The third-order valence-corrected chi connectivity index (χ3v) is 3.37. The highest BCUT2D eigenvalue weighted by molar-refractivity contribution is 5.29. The number of nitrogens with zero attached hydrogens (tertiary/aromatic N) is 1. The number of hydrogen-bond donors (Lipinski definition) is 1. The standard InChI is InChI=1S/C15H26N2O/c1-4-5-6-11-17(2)15(12-16)13-7-9-14(18-3)10-8-13/h7-10,15H,4-6,11-12,16H2,1-3H3. The molecule has 0 amide bonds. The zero-order chi connectivity index (χ0) is 13.4. The summed E-state index contributed by atoms with van der Waals surface area (Å²) in [6, 6.07) is 8.50. The first-order valence-corrected chi connectivity index (χ1v) is 6.77. The highest BCUT2D eigenvalue weighted by Gasteiger charge is 2.14. The van der Waals surface area contributed by atoms with Crippen molar-refractivity contribution in [3.8, 4) is 5.75 Å². The number of unbranched alkanes of at least 4 members (excludes halogenated alkanes) is 2. The molecule has 3 heteroatoms. The summed E-state index contributed by atoms with van der Waals surface area (Å²) < 4.78 is 5.18. The van der Waals surface area contributed by atoms with Gasteiger partial charge in [0.2, 0.25) is 0 Å². The van der Waals surface area contributed by atoms with Crippen molar-refractivity contribution in [3.63, 3.8) is 0 Å². The maximum absolute atomic E-state index is 5.91. The van der Waals surface area contributed by atoms with Crippen LogP contribution < -0.4 is 10.5 Å². The maximum Gasteiger partial charge on any atom is 0.118 e. The van der Waals surface area contributed by atoms with Crippen LogP contribution in [0.5, 0.6) is 5.75 Å². The Kier molecular flexibility index (Phi) is 6.76. The van der Waals surface area contributed by atoms with Crippen molar-refractivity contribution >= 4 is 0 Å². The molecule has 1 aromatic carbocycles. The molecule has 3 nitrogen and oxygen atoms in total. The van der Waals surface area contributed by atoms with Crippen molar-refractivity contribution in [1.29, 1.82) is 0 Å². The largest absolute Gasteiger partial charge is 0.497 e. The van der Waals surface area contributed by atoms with E-state index in [0.29, 0.717) is 12.6 Å². The second kappa shape index (κ2) is 8.11. The predicted octanol–water partition coefficient (Wildman–Crippen LogP) is 2.82. The van der Waals surface area contributed by atoms with Crippen LogP contribution in [0.3, 0.4) is 0 Å². The molecule has 0 aliphatic heterocycles. The number of benzene rings is 1. The van der Waals surface area contributed by atoms with Gasteiger partial charge in [0.25, 0.3) is 0 Å². The first kappa shape index (κ1) is 15.0. The van der Waals surface area contributed by atoms with Crippen LogP contribution in [0.4, 0.5) is 0 Å². The van der Waals surface area contributed by atoms with Crippen LogP contribution in [0.15, 0.2) is 24.3 Å². The monoisotopic (exact) mass is 250 g/mol. The summed E-state index contributed by atoms with van der Waals surface area (Å²) in [5, 5.41) is 0. The van der Waals surface area contributed by atoms with E-state index in [4.69, 9.17) is 10.5 Å². The first-order valence-electron chi connectivity index (χ1n) is 6.77. The fourth-order valence-electron chi connectivity index (χ4n) is 2.16. The molecule has 0 saturated carbocycles. The summed E-state index contributed by atoms with van der Waals surface area (Å²) in [4.78, 5) is 2.34. The summed E-state index contributed by atoms with van der Waals surface area (Å²) in [6.45, 7) is 3.97. The van der Waals surface area contributed by atoms with E-state index in [-0.39, 0.29) is 0 Å². The van der Waals surface area contributed by atoms with Gasteiger partial charge in [0.1, 0.15) is 5.75 Å². The van der Waals surface area contributed by atoms with E-state index in [9.17, 15) is 0 Å². The van der Waals surface area contributed by atoms with E-state index in [0.717, 1.165) is 12.3 Å². The highest BCUT2D eigenvalue weighted by Crippen LogP contribution is 2.21. The molecule has 1 aromatic rings. The summed E-state index contributed by atoms with van der Waals surface area (Å²) in [7, 11) is 3.84. The van der Waals surface area contributed by atoms with Gasteiger partial charge in [-0.1, -0.05) is 31.9 Å². The zero-order valence-corrected chi connectivity index (χ0v) is 11.9. The molecule has 0 aromatic heterocycles. The van der Waals surface area contributed by atoms with E-state index >= 15 is 0 Å². The quantitative estimate of drug-likeness (QED) is 0.721. The predicted molar refractivity (Wildman–Crippen MR) is 76.9 cm³/mol. The molecule has 0 spiro atoms. The molecule has 0 heterocycles. The van der Waals surface area contributed by atoms with Crippen molar-refractivity contribution < 1.29 is 4.74 Å². The van der Waals surface area contributed by atoms with E-state index in [1.54, 1.807) is 7.11 Å². The zero-order valence-electron chi connectivity index (χ0n) is 11.9. The van der Waals surface area contributed by atoms with Gasteiger partial charge >= 0.3 is 0 Å². The van der Waals surface area contributed by atoms with Gasteiger partial charge in [-0.3, -0.25) is 4.90 Å². The molecule has 0 bridgehead atoms. The van der Waals surface area contributed by atoms with E-state index < -0.39 is 0 Å². The van der Waals surface area contributed by atoms with Gasteiger partial charge in [0.05, 0.1) is 7.11 Å². The van der Waals surface area contributed by atoms with Gasteiger partial charge in [0, 0.05) is 12.6 Å². The molecule has 0 saturated heterocycles. The Balaban J connectivity index is 2.62. The summed E-state index contributed by atoms with van der Waals surface area (Å²) in [5.41, 5.74) is 7.17. The molecule has 0 radical (unpaired) electrons. The topological polar surface area (TPSA) is 38.5 Å². The lowest BCUT2D eigenvalue weighted by Gasteiger charge is -2.27. The van der Waals surface area contributed by atoms with Crippen molar-refractivity contribution in [3.05, 3.63) is 29.8 Å². The van der Waals surface area contributed by atoms with Gasteiger partial charge in [-0.05, 0) is 37.7 Å². The van der Waals surface area contributed by atoms with Crippen molar-refractivity contribution in [1.82, 2.24) is 4.90 Å². The second-order valence-corrected chi connectivity index (χ2v) is 4.71. The lowest BCUT2D eigenvalue weighted by atomic mass is 10.1. The minimum absolute atomic E-state index is 0.299. The van der Waals surface area contributed by atoms with Crippen molar-refractivity contribution in [2.75, 3.05) is 27.2 Å². The molecule has 1 atom stereocenters. The van der Waals surface area contributed by atoms with E-state index in [1.807, 2.05) is 12.1 Å². The number of methoxy groups -OCH3 is 1. The van der Waals surface area contributed by atoms with Gasteiger partial charge < -0.3 is 10.5 Å². The second-order valence-electron chi connectivity index (χ2n) is 4.71. The molecular formula is C15H26N2O. The number of nitrogens with two attached hydrogens (primary N) is 1. The molecular weight excluding hydrogens is 224 g/mol. The van der Waals surface area contributed by atoms with Crippen LogP contribution in [0.2, 0.25) is 0 Å². The van der Waals surface area contributed by atoms with Gasteiger partial charge in [-0.2, -0.15) is 0 Å². The smallest absolute Gasteiger partial charge is 0.118 e. The number of hydrogen-bond acceptors (Lipinski definition) is 3. The Morgan fingerprint density at radius 2 is 1.89 bits per heavy atom. The molecule has 1 unspecified atom stereocenters. The van der Waals surface area contributed by atoms with Gasteiger partial charge in [-0.25, -0.2) is 0 Å². The Hall–Kier alpha value is -1.06. The molecule has 0 aliphatic carbocycles. The molecule has 18 heavy (non-hydrogen) atoms. The Bertz CT molecular complexity index is 324. The normalized spacial score (nSPS) is 12.7. The molecule has 0 aliphatic rings. The molecule has 0 fully saturated rings.